The number of nitrogens with one attached hydrogen (secondary N) is 1. The molecule has 0 saturated carbocycles. The van der Waals surface area contributed by atoms with Gasteiger partial charge in [-0.15, -0.1) is 0 Å². The number of hydrogen-bond donors (Lipinski definition) is 3. The molecule has 0 saturated heterocycles. The van der Waals surface area contributed by atoms with Gasteiger partial charge in [0.25, 0.3) is 0 Å². The highest BCUT2D eigenvalue weighted by Gasteiger charge is 2.22. The Morgan fingerprint density at radius 2 is 2.05 bits per heavy atom. The summed E-state index contributed by atoms with van der Waals surface area (Å²) in [6, 6.07) is 0. The minimum atomic E-state index is -3.61. The molecule has 0 aromatic rings. The summed E-state index contributed by atoms with van der Waals surface area (Å²) in [5, 5.41) is 19.9. The molecule has 0 aromatic heterocycles. The van der Waals surface area contributed by atoms with Gasteiger partial charge in [-0.2, -0.15) is 0 Å². The van der Waals surface area contributed by atoms with Crippen LogP contribution in [0.5, 0.6) is 0 Å². The van der Waals surface area contributed by atoms with Crippen molar-refractivity contribution in [3.8, 4) is 0 Å². The molecule has 0 fully saturated rings. The van der Waals surface area contributed by atoms with E-state index in [1.54, 1.807) is 13.8 Å². The van der Waals surface area contributed by atoms with Gasteiger partial charge in [-0.1, -0.05) is 13.5 Å². The van der Waals surface area contributed by atoms with Crippen LogP contribution in [0.3, 0.4) is 0 Å². The van der Waals surface area contributed by atoms with Crippen molar-refractivity contribution in [1.82, 2.24) is 9.62 Å². The Morgan fingerprint density at radius 3 is 2.45 bits per heavy atom. The maximum Gasteiger partial charge on any atom is 0.303 e. The zero-order valence-electron chi connectivity index (χ0n) is 11.8. The van der Waals surface area contributed by atoms with Crippen molar-refractivity contribution in [2.24, 2.45) is 10.9 Å². The van der Waals surface area contributed by atoms with Crippen LogP contribution in [0.4, 0.5) is 0 Å². The Labute approximate surface area is 118 Å². The van der Waals surface area contributed by atoms with Crippen LogP contribution in [0.15, 0.2) is 17.4 Å². The molecule has 0 bridgehead atoms. The number of nitrogens with zero attached hydrogens (tertiary/aromatic N) is 2. The summed E-state index contributed by atoms with van der Waals surface area (Å²) in [6.45, 7) is 6.37. The van der Waals surface area contributed by atoms with Gasteiger partial charge in [0.15, 0.2) is 0 Å². The lowest BCUT2D eigenvalue weighted by molar-refractivity contribution is -0.138. The van der Waals surface area contributed by atoms with E-state index in [0.717, 1.165) is 10.6 Å². The molecule has 0 aliphatic heterocycles. The van der Waals surface area contributed by atoms with E-state index in [9.17, 15) is 13.2 Å². The molecule has 0 aromatic carbocycles. The van der Waals surface area contributed by atoms with E-state index < -0.39 is 16.0 Å². The van der Waals surface area contributed by atoms with Crippen molar-refractivity contribution in [2.45, 2.75) is 20.3 Å². The van der Waals surface area contributed by atoms with E-state index in [1.807, 2.05) is 0 Å². The smallest absolute Gasteiger partial charge is 0.303 e. The molecule has 116 valence electrons. The normalized spacial score (nSPS) is 13.7. The van der Waals surface area contributed by atoms with Crippen molar-refractivity contribution in [2.75, 3.05) is 19.5 Å². The zero-order valence-corrected chi connectivity index (χ0v) is 12.6. The largest absolute Gasteiger partial charge is 0.481 e. The van der Waals surface area contributed by atoms with Crippen molar-refractivity contribution in [3.05, 3.63) is 12.4 Å². The number of carboxylic acids is 1. The SMILES string of the molecule is C=C(/N=C(\C)NCO)N(C[C@@H](C)CC(=O)O)S(C)(=O)=O. The Bertz CT molecular complexity index is 486. The summed E-state index contributed by atoms with van der Waals surface area (Å²) in [5.41, 5.74) is 0. The number of aliphatic carboxylic acids is 1. The Kier molecular flexibility index (Phi) is 7.22. The van der Waals surface area contributed by atoms with Crippen molar-refractivity contribution >= 4 is 21.8 Å². The Balaban J connectivity index is 5.05. The lowest BCUT2D eigenvalue weighted by Crippen LogP contribution is -2.34. The van der Waals surface area contributed by atoms with Crippen molar-refractivity contribution < 1.29 is 23.4 Å². The van der Waals surface area contributed by atoms with Gasteiger partial charge in [-0.25, -0.2) is 13.4 Å². The fourth-order valence-corrected chi connectivity index (χ4v) is 2.43. The second-order valence-electron chi connectivity index (χ2n) is 4.45. The number of aliphatic hydroxyl groups excluding tert-OH is 1. The van der Waals surface area contributed by atoms with Crippen LogP contribution in [0.25, 0.3) is 0 Å². The fraction of sp³-hybridized carbons (Fsp3) is 0.636. The summed E-state index contributed by atoms with van der Waals surface area (Å²) >= 11 is 0. The van der Waals surface area contributed by atoms with E-state index in [1.165, 1.54) is 0 Å². The van der Waals surface area contributed by atoms with Gasteiger partial charge in [-0.05, 0) is 12.8 Å². The molecule has 9 heteroatoms. The Hall–Kier alpha value is -1.61. The first-order chi connectivity index (χ1) is 9.07. The predicted octanol–water partition coefficient (Wildman–Crippen LogP) is -0.212. The van der Waals surface area contributed by atoms with Crippen LogP contribution < -0.4 is 5.32 Å². The van der Waals surface area contributed by atoms with Gasteiger partial charge < -0.3 is 15.5 Å². The van der Waals surface area contributed by atoms with Gasteiger partial charge in [0, 0.05) is 13.0 Å². The number of sulfonamides is 1. The quantitative estimate of drug-likeness (QED) is 0.324. The van der Waals surface area contributed by atoms with Crippen LogP contribution in [0.1, 0.15) is 20.3 Å². The monoisotopic (exact) mass is 307 g/mol. The highest BCUT2D eigenvalue weighted by molar-refractivity contribution is 7.88. The minimum absolute atomic E-state index is 0.0279. The molecule has 8 nitrogen and oxygen atoms in total. The number of hydrogen-bond acceptors (Lipinski definition) is 5. The molecule has 0 unspecified atom stereocenters. The number of carboxylic acid groups (broad SMARTS) is 1. The molecule has 1 atom stereocenters. The molecule has 3 N–H and O–H groups in total. The molecule has 0 aliphatic carbocycles. The van der Waals surface area contributed by atoms with Gasteiger partial charge in [0.2, 0.25) is 10.0 Å². The maximum absolute atomic E-state index is 11.7. The highest BCUT2D eigenvalue weighted by atomic mass is 32.2. The Morgan fingerprint density at radius 1 is 1.50 bits per heavy atom. The van der Waals surface area contributed by atoms with Crippen molar-refractivity contribution in [3.63, 3.8) is 0 Å². The highest BCUT2D eigenvalue weighted by Crippen LogP contribution is 2.15. The average Bonchev–Trinajstić information content (AvgIpc) is 2.23. The van der Waals surface area contributed by atoms with E-state index in [2.05, 4.69) is 16.9 Å². The summed E-state index contributed by atoms with van der Waals surface area (Å²) in [4.78, 5) is 14.5. The van der Waals surface area contributed by atoms with Crippen molar-refractivity contribution in [1.29, 1.82) is 0 Å². The number of amidine groups is 1. The molecule has 0 radical (unpaired) electrons. The second-order valence-corrected chi connectivity index (χ2v) is 6.35. The fourth-order valence-electron chi connectivity index (χ4n) is 1.48. The number of aliphatic hydroxyl groups is 1. The molecule has 0 rings (SSSR count). The van der Waals surface area contributed by atoms with Crippen LogP contribution in [-0.2, 0) is 14.8 Å². The first-order valence-corrected chi connectivity index (χ1v) is 7.71. The van der Waals surface area contributed by atoms with Crippen LogP contribution >= 0.6 is 0 Å². The second kappa shape index (κ2) is 7.85. The lowest BCUT2D eigenvalue weighted by Gasteiger charge is -2.24. The van der Waals surface area contributed by atoms with Crippen LogP contribution in [0.2, 0.25) is 0 Å². The average molecular weight is 307 g/mol. The van der Waals surface area contributed by atoms with Crippen LogP contribution in [-0.4, -0.2) is 54.3 Å². The van der Waals surface area contributed by atoms with Crippen LogP contribution in [0, 0.1) is 5.92 Å². The minimum Gasteiger partial charge on any atom is -0.481 e. The summed E-state index contributed by atoms with van der Waals surface area (Å²) in [7, 11) is -3.61. The predicted molar refractivity (Wildman–Crippen MR) is 75.4 cm³/mol. The molecular weight excluding hydrogens is 286 g/mol. The van der Waals surface area contributed by atoms with E-state index in [0.29, 0.717) is 5.84 Å². The van der Waals surface area contributed by atoms with E-state index in [-0.39, 0.29) is 31.4 Å². The summed E-state index contributed by atoms with van der Waals surface area (Å²) in [5.74, 6) is -1.13. The third kappa shape index (κ3) is 7.10. The van der Waals surface area contributed by atoms with Gasteiger partial charge in [-0.3, -0.25) is 9.10 Å². The molecule has 20 heavy (non-hydrogen) atoms. The number of aliphatic imine (C=N–C) groups is 1. The summed E-state index contributed by atoms with van der Waals surface area (Å²) < 4.78 is 24.4. The van der Waals surface area contributed by atoms with Gasteiger partial charge >= 0.3 is 5.97 Å². The number of rotatable bonds is 8. The van der Waals surface area contributed by atoms with E-state index in [4.69, 9.17) is 10.2 Å². The third-order valence-electron chi connectivity index (χ3n) is 2.32. The zero-order chi connectivity index (χ0) is 15.9. The molecular formula is C11H21N3O5S. The van der Waals surface area contributed by atoms with Gasteiger partial charge in [0.1, 0.15) is 18.4 Å². The molecule has 0 aliphatic rings. The van der Waals surface area contributed by atoms with E-state index >= 15 is 0 Å². The topological polar surface area (TPSA) is 119 Å². The van der Waals surface area contributed by atoms with Gasteiger partial charge in [0.05, 0.1) is 6.26 Å². The molecule has 0 spiro atoms. The molecule has 0 amide bonds. The first-order valence-electron chi connectivity index (χ1n) is 5.86. The first kappa shape index (κ1) is 18.4. The maximum atomic E-state index is 11.7. The standard InChI is InChI=1S/C11H21N3O5S/c1-8(5-11(16)17)6-14(20(4,18)19)10(3)13-9(2)12-7-15/h8,15H,3,5-7H2,1-2,4H3,(H,12,13)(H,16,17)/t8-/m0/s1. The summed E-state index contributed by atoms with van der Waals surface area (Å²) in [6.07, 6.45) is 0.840. The third-order valence-corrected chi connectivity index (χ3v) is 3.48. The molecule has 0 heterocycles. The number of carbonyl (C=O) groups is 1. The lowest BCUT2D eigenvalue weighted by atomic mass is 10.1.